The molecule has 3 heterocycles. The first-order valence-corrected chi connectivity index (χ1v) is 14.8. The number of benzene rings is 1. The van der Waals surface area contributed by atoms with Crippen LogP contribution in [0.15, 0.2) is 49.6 Å². The standard InChI is InChI=1S/C32H45N3O6/c1-7-16-33(17-8-2)29(37)26-25-14-15-32(41-25)27(26)30(38)35(23(20-36)19-21(4)5)28(32)31(39)34(18-9-3)22-10-12-24(40-6)13-11-22/h7,9-13,21,23,25-28,36H,1,3,8,14-20H2,2,4-6H3/t23-,25+,26-,27+,28?,32?/m1/s1. The van der Waals surface area contributed by atoms with E-state index in [0.717, 1.165) is 6.42 Å². The van der Waals surface area contributed by atoms with Gasteiger partial charge in [0.05, 0.1) is 37.7 Å². The van der Waals surface area contributed by atoms with Crippen LogP contribution in [0.5, 0.6) is 5.75 Å². The van der Waals surface area contributed by atoms with Crippen LogP contribution in [-0.4, -0.2) is 89.8 Å². The van der Waals surface area contributed by atoms with Gasteiger partial charge in [0.2, 0.25) is 11.8 Å². The zero-order valence-corrected chi connectivity index (χ0v) is 24.8. The molecule has 2 bridgehead atoms. The molecule has 3 aliphatic rings. The second kappa shape index (κ2) is 12.8. The molecule has 41 heavy (non-hydrogen) atoms. The van der Waals surface area contributed by atoms with E-state index in [9.17, 15) is 19.5 Å². The summed E-state index contributed by atoms with van der Waals surface area (Å²) in [5, 5.41) is 10.5. The Labute approximate surface area is 243 Å². The Morgan fingerprint density at radius 2 is 1.88 bits per heavy atom. The van der Waals surface area contributed by atoms with Crippen molar-refractivity contribution in [3.63, 3.8) is 0 Å². The molecule has 4 rings (SSSR count). The van der Waals surface area contributed by atoms with Crippen molar-refractivity contribution in [1.29, 1.82) is 0 Å². The monoisotopic (exact) mass is 567 g/mol. The van der Waals surface area contributed by atoms with Gasteiger partial charge in [-0.05, 0) is 55.9 Å². The highest BCUT2D eigenvalue weighted by Gasteiger charge is 2.75. The van der Waals surface area contributed by atoms with Crippen LogP contribution >= 0.6 is 0 Å². The molecule has 1 N–H and O–H groups in total. The summed E-state index contributed by atoms with van der Waals surface area (Å²) in [6.45, 7) is 14.6. The molecule has 9 heteroatoms. The van der Waals surface area contributed by atoms with E-state index in [-0.39, 0.29) is 36.8 Å². The number of ether oxygens (including phenoxy) is 2. The number of hydrogen-bond acceptors (Lipinski definition) is 6. The van der Waals surface area contributed by atoms with Gasteiger partial charge in [0.15, 0.2) is 0 Å². The molecule has 2 unspecified atom stereocenters. The fourth-order valence-electron chi connectivity index (χ4n) is 7.16. The highest BCUT2D eigenvalue weighted by Crippen LogP contribution is 2.59. The maximum absolute atomic E-state index is 14.7. The number of aliphatic hydroxyl groups excluding tert-OH is 1. The molecular weight excluding hydrogens is 522 g/mol. The predicted molar refractivity (Wildman–Crippen MR) is 157 cm³/mol. The van der Waals surface area contributed by atoms with E-state index < -0.39 is 35.6 Å². The van der Waals surface area contributed by atoms with Crippen molar-refractivity contribution in [2.75, 3.05) is 38.3 Å². The minimum absolute atomic E-state index is 0.132. The van der Waals surface area contributed by atoms with Crippen molar-refractivity contribution < 1.29 is 29.0 Å². The highest BCUT2D eigenvalue weighted by atomic mass is 16.5. The van der Waals surface area contributed by atoms with Gasteiger partial charge in [0.25, 0.3) is 5.91 Å². The van der Waals surface area contributed by atoms with E-state index in [1.165, 1.54) is 0 Å². The maximum atomic E-state index is 14.7. The van der Waals surface area contributed by atoms with Crippen molar-refractivity contribution in [3.8, 4) is 5.75 Å². The lowest BCUT2D eigenvalue weighted by Gasteiger charge is -2.39. The third-order valence-corrected chi connectivity index (χ3v) is 8.72. The number of fused-ring (bicyclic) bond motifs is 1. The minimum atomic E-state index is -1.15. The topological polar surface area (TPSA) is 99.6 Å². The molecule has 1 aromatic carbocycles. The highest BCUT2D eigenvalue weighted by molar-refractivity contribution is 6.05. The van der Waals surface area contributed by atoms with Gasteiger partial charge in [0, 0.05) is 25.3 Å². The lowest BCUT2D eigenvalue weighted by atomic mass is 9.70. The minimum Gasteiger partial charge on any atom is -0.497 e. The third-order valence-electron chi connectivity index (χ3n) is 8.72. The van der Waals surface area contributed by atoms with Crippen LogP contribution in [0, 0.1) is 17.8 Å². The molecule has 3 saturated heterocycles. The Morgan fingerprint density at radius 1 is 1.20 bits per heavy atom. The Balaban J connectivity index is 1.81. The Morgan fingerprint density at radius 3 is 2.44 bits per heavy atom. The summed E-state index contributed by atoms with van der Waals surface area (Å²) < 4.78 is 11.9. The van der Waals surface area contributed by atoms with Crippen LogP contribution in [0.25, 0.3) is 0 Å². The van der Waals surface area contributed by atoms with Gasteiger partial charge < -0.3 is 29.3 Å². The molecule has 224 valence electrons. The first kappa shape index (κ1) is 30.8. The van der Waals surface area contributed by atoms with Crippen molar-refractivity contribution in [3.05, 3.63) is 49.6 Å². The maximum Gasteiger partial charge on any atom is 0.253 e. The molecule has 3 amide bonds. The van der Waals surface area contributed by atoms with E-state index in [1.54, 1.807) is 58.2 Å². The van der Waals surface area contributed by atoms with Crippen LogP contribution in [0.4, 0.5) is 5.69 Å². The van der Waals surface area contributed by atoms with Crippen LogP contribution in [0.1, 0.15) is 46.5 Å². The normalized spacial score (nSPS) is 27.1. The molecule has 6 atom stereocenters. The zero-order valence-electron chi connectivity index (χ0n) is 24.8. The number of hydrogen-bond donors (Lipinski definition) is 1. The van der Waals surface area contributed by atoms with Crippen molar-refractivity contribution in [1.82, 2.24) is 9.80 Å². The van der Waals surface area contributed by atoms with Crippen molar-refractivity contribution in [2.45, 2.75) is 70.2 Å². The van der Waals surface area contributed by atoms with Crippen LogP contribution in [0.2, 0.25) is 0 Å². The molecule has 0 saturated carbocycles. The van der Waals surface area contributed by atoms with Crippen LogP contribution < -0.4 is 9.64 Å². The third kappa shape index (κ3) is 5.42. The van der Waals surface area contributed by atoms with Gasteiger partial charge in [-0.15, -0.1) is 13.2 Å². The number of methoxy groups -OCH3 is 1. The summed E-state index contributed by atoms with van der Waals surface area (Å²) in [7, 11) is 1.58. The van der Waals surface area contributed by atoms with Gasteiger partial charge in [-0.3, -0.25) is 14.4 Å². The van der Waals surface area contributed by atoms with Gasteiger partial charge in [-0.2, -0.15) is 0 Å². The number of likely N-dealkylation sites (tertiary alicyclic amines) is 1. The second-order valence-electron chi connectivity index (χ2n) is 11.8. The molecule has 0 aliphatic carbocycles. The Hall–Kier alpha value is -3.17. The van der Waals surface area contributed by atoms with Crippen molar-refractivity contribution >= 4 is 23.4 Å². The van der Waals surface area contributed by atoms with Gasteiger partial charge in [0.1, 0.15) is 17.4 Å². The van der Waals surface area contributed by atoms with Crippen LogP contribution in [0.3, 0.4) is 0 Å². The van der Waals surface area contributed by atoms with Crippen molar-refractivity contribution in [2.24, 2.45) is 17.8 Å². The summed E-state index contributed by atoms with van der Waals surface area (Å²) in [4.78, 5) is 48.0. The first-order chi connectivity index (χ1) is 19.7. The summed E-state index contributed by atoms with van der Waals surface area (Å²) in [5.74, 6) is -1.38. The van der Waals surface area contributed by atoms with E-state index >= 15 is 0 Å². The van der Waals surface area contributed by atoms with Gasteiger partial charge >= 0.3 is 0 Å². The molecule has 3 aliphatic heterocycles. The number of anilines is 1. The summed E-state index contributed by atoms with van der Waals surface area (Å²) in [6, 6.07) is 5.58. The molecule has 3 fully saturated rings. The lowest BCUT2D eigenvalue weighted by molar-refractivity contribution is -0.147. The van der Waals surface area contributed by atoms with E-state index in [4.69, 9.17) is 9.47 Å². The largest absolute Gasteiger partial charge is 0.497 e. The van der Waals surface area contributed by atoms with Gasteiger partial charge in [-0.25, -0.2) is 0 Å². The molecule has 9 nitrogen and oxygen atoms in total. The SMILES string of the molecule is C=CCN(CCC)C(=O)[C@@H]1[C@@H]2CCC3(O2)C(C(=O)N(CC=C)c2ccc(OC)cc2)N([C@@H](CO)CC(C)C)C(=O)[C@H]13. The number of amides is 3. The quantitative estimate of drug-likeness (QED) is 0.346. The first-order valence-electron chi connectivity index (χ1n) is 14.8. The second-order valence-corrected chi connectivity index (χ2v) is 11.8. The van der Waals surface area contributed by atoms with E-state index in [1.807, 2.05) is 20.8 Å². The Bertz CT molecular complexity index is 1140. The summed E-state index contributed by atoms with van der Waals surface area (Å²) in [6.07, 6.45) is 5.26. The number of nitrogens with zero attached hydrogens (tertiary/aromatic N) is 3. The summed E-state index contributed by atoms with van der Waals surface area (Å²) in [5.41, 5.74) is -0.519. The molecule has 1 aromatic rings. The Kier molecular flexibility index (Phi) is 9.59. The lowest BCUT2D eigenvalue weighted by Crippen LogP contribution is -2.59. The average molecular weight is 568 g/mol. The number of aliphatic hydroxyl groups is 1. The summed E-state index contributed by atoms with van der Waals surface area (Å²) >= 11 is 0. The smallest absolute Gasteiger partial charge is 0.253 e. The van der Waals surface area contributed by atoms with E-state index in [0.29, 0.717) is 43.8 Å². The predicted octanol–water partition coefficient (Wildman–Crippen LogP) is 3.42. The fourth-order valence-corrected chi connectivity index (χ4v) is 7.16. The number of carbonyl (C=O) groups is 3. The molecule has 0 radical (unpaired) electrons. The van der Waals surface area contributed by atoms with Crippen LogP contribution in [-0.2, 0) is 19.1 Å². The average Bonchev–Trinajstić information content (AvgIpc) is 3.61. The zero-order chi connectivity index (χ0) is 29.9. The van der Waals surface area contributed by atoms with E-state index in [2.05, 4.69) is 13.2 Å². The number of carbonyl (C=O) groups excluding carboxylic acids is 3. The van der Waals surface area contributed by atoms with Gasteiger partial charge in [-0.1, -0.05) is 32.9 Å². The fraction of sp³-hybridized carbons (Fsp3) is 0.594. The molecular formula is C32H45N3O6. The number of rotatable bonds is 14. The molecule has 1 spiro atoms. The molecule has 0 aromatic heterocycles.